The van der Waals surface area contributed by atoms with E-state index in [2.05, 4.69) is 4.99 Å². The molecule has 0 aliphatic carbocycles. The van der Waals surface area contributed by atoms with Crippen molar-refractivity contribution in [1.29, 1.82) is 0 Å². The molecule has 3 aromatic carbocycles. The summed E-state index contributed by atoms with van der Waals surface area (Å²) in [6, 6.07) is 18.4. The number of carbonyl (C=O) groups excluding carboxylic acids is 1. The van der Waals surface area contributed by atoms with E-state index in [-0.39, 0.29) is 12.2 Å². The first-order chi connectivity index (χ1) is 18.0. The molecule has 0 bridgehead atoms. The Balaban J connectivity index is 1.86. The molecule has 8 heteroatoms. The monoisotopic (exact) mass is 514 g/mol. The highest BCUT2D eigenvalue weighted by atomic mass is 32.1. The number of aromatic nitrogens is 1. The van der Waals surface area contributed by atoms with Crippen LogP contribution in [0.15, 0.2) is 81.7 Å². The van der Waals surface area contributed by atoms with Crippen LogP contribution in [-0.4, -0.2) is 31.4 Å². The number of carbonyl (C=O) groups is 1. The van der Waals surface area contributed by atoms with Gasteiger partial charge in [-0.15, -0.1) is 0 Å². The minimum atomic E-state index is -0.781. The van der Waals surface area contributed by atoms with Gasteiger partial charge >= 0.3 is 5.97 Å². The Morgan fingerprint density at radius 1 is 1.03 bits per heavy atom. The van der Waals surface area contributed by atoms with Crippen molar-refractivity contribution in [3.8, 4) is 11.5 Å². The predicted molar refractivity (Wildman–Crippen MR) is 144 cm³/mol. The number of ether oxygens (including phenoxy) is 3. The number of fused-ring (bicyclic) bond motifs is 2. The van der Waals surface area contributed by atoms with E-state index in [9.17, 15) is 9.59 Å². The molecule has 0 amide bonds. The van der Waals surface area contributed by atoms with Crippen molar-refractivity contribution in [2.45, 2.75) is 19.9 Å². The van der Waals surface area contributed by atoms with Gasteiger partial charge in [0.25, 0.3) is 5.56 Å². The Morgan fingerprint density at radius 3 is 2.51 bits per heavy atom. The average molecular weight is 515 g/mol. The molecule has 4 aromatic rings. The van der Waals surface area contributed by atoms with Crippen molar-refractivity contribution < 1.29 is 19.0 Å². The summed E-state index contributed by atoms with van der Waals surface area (Å²) in [5.41, 5.74) is 2.04. The summed E-state index contributed by atoms with van der Waals surface area (Å²) in [6.45, 7) is 3.73. The highest BCUT2D eigenvalue weighted by molar-refractivity contribution is 7.07. The van der Waals surface area contributed by atoms with Gasteiger partial charge in [0.15, 0.2) is 4.80 Å². The second-order valence-corrected chi connectivity index (χ2v) is 9.46. The van der Waals surface area contributed by atoms with Gasteiger partial charge < -0.3 is 14.2 Å². The zero-order valence-corrected chi connectivity index (χ0v) is 21.8. The molecule has 37 heavy (non-hydrogen) atoms. The zero-order chi connectivity index (χ0) is 26.1. The molecule has 1 aromatic heterocycles. The molecular formula is C29H26N2O5S. The van der Waals surface area contributed by atoms with E-state index in [0.29, 0.717) is 37.7 Å². The van der Waals surface area contributed by atoms with Crippen LogP contribution in [0.3, 0.4) is 0 Å². The van der Waals surface area contributed by atoms with Gasteiger partial charge in [0.2, 0.25) is 0 Å². The molecule has 0 radical (unpaired) electrons. The molecule has 7 nitrogen and oxygen atoms in total. The lowest BCUT2D eigenvalue weighted by molar-refractivity contribution is -0.139. The molecule has 188 valence electrons. The average Bonchev–Trinajstić information content (AvgIpc) is 3.21. The minimum absolute atomic E-state index is 0.202. The fraction of sp³-hybridized carbons (Fsp3) is 0.207. The minimum Gasteiger partial charge on any atom is -0.496 e. The predicted octanol–water partition coefficient (Wildman–Crippen LogP) is 3.97. The van der Waals surface area contributed by atoms with Gasteiger partial charge in [-0.1, -0.05) is 59.9 Å². The van der Waals surface area contributed by atoms with E-state index in [0.717, 1.165) is 16.3 Å². The number of esters is 1. The van der Waals surface area contributed by atoms with Crippen LogP contribution in [0.5, 0.6) is 11.5 Å². The molecule has 1 unspecified atom stereocenters. The molecule has 0 saturated carbocycles. The number of para-hydroxylation sites is 1. The number of allylic oxidation sites excluding steroid dienone is 1. The van der Waals surface area contributed by atoms with Gasteiger partial charge in [-0.25, -0.2) is 9.79 Å². The second-order valence-electron chi connectivity index (χ2n) is 8.45. The fourth-order valence-electron chi connectivity index (χ4n) is 4.73. The van der Waals surface area contributed by atoms with E-state index in [4.69, 9.17) is 14.2 Å². The van der Waals surface area contributed by atoms with E-state index in [1.807, 2.05) is 60.7 Å². The Bertz CT molecular complexity index is 1730. The van der Waals surface area contributed by atoms with Crippen LogP contribution in [0.1, 0.15) is 31.0 Å². The lowest BCUT2D eigenvalue weighted by Crippen LogP contribution is -2.40. The van der Waals surface area contributed by atoms with Crippen LogP contribution in [0.25, 0.3) is 16.8 Å². The highest BCUT2D eigenvalue weighted by Gasteiger charge is 2.36. The van der Waals surface area contributed by atoms with E-state index >= 15 is 0 Å². The molecule has 0 spiro atoms. The van der Waals surface area contributed by atoms with Gasteiger partial charge in [-0.2, -0.15) is 0 Å². The SMILES string of the molecule is CCOC(=O)C1=C(C)N=c2s/c(=C\c3ccccc3OC)c(=O)n2C1c1c(OC)ccc2ccccc12. The maximum absolute atomic E-state index is 14.0. The third-order valence-electron chi connectivity index (χ3n) is 6.37. The third kappa shape index (κ3) is 4.23. The van der Waals surface area contributed by atoms with Gasteiger partial charge in [-0.3, -0.25) is 9.36 Å². The summed E-state index contributed by atoms with van der Waals surface area (Å²) in [6.07, 6.45) is 1.80. The van der Waals surface area contributed by atoms with Crippen LogP contribution in [0.4, 0.5) is 0 Å². The summed E-state index contributed by atoms with van der Waals surface area (Å²) >= 11 is 1.27. The van der Waals surface area contributed by atoms with E-state index < -0.39 is 12.0 Å². The Labute approximate surface area is 217 Å². The standard InChI is InChI=1S/C29H26N2O5S/c1-5-36-28(33)24-17(2)30-29-31(27(32)23(37-29)16-19-11-7-9-13-21(19)34-3)26(24)25-20-12-8-6-10-18(20)14-15-22(25)35-4/h6-16,26H,5H2,1-4H3/b23-16-. The molecule has 1 aliphatic rings. The third-order valence-corrected chi connectivity index (χ3v) is 7.35. The highest BCUT2D eigenvalue weighted by Crippen LogP contribution is 2.40. The van der Waals surface area contributed by atoms with E-state index in [1.54, 1.807) is 38.7 Å². The molecule has 1 aliphatic heterocycles. The molecule has 1 atom stereocenters. The fourth-order valence-corrected chi connectivity index (χ4v) is 5.76. The number of rotatable bonds is 6. The van der Waals surface area contributed by atoms with Gasteiger partial charge in [0.05, 0.1) is 36.6 Å². The summed E-state index contributed by atoms with van der Waals surface area (Å²) in [5, 5.41) is 1.84. The molecule has 2 heterocycles. The molecule has 0 fully saturated rings. The van der Waals surface area contributed by atoms with Crippen LogP contribution >= 0.6 is 11.3 Å². The van der Waals surface area contributed by atoms with E-state index in [1.165, 1.54) is 11.3 Å². The van der Waals surface area contributed by atoms with Crippen molar-refractivity contribution in [2.24, 2.45) is 4.99 Å². The van der Waals surface area contributed by atoms with Crippen molar-refractivity contribution >= 4 is 34.2 Å². The number of thiazole rings is 1. The quantitative estimate of drug-likeness (QED) is 0.364. The first-order valence-corrected chi connectivity index (χ1v) is 12.7. The number of benzene rings is 3. The van der Waals surface area contributed by atoms with Crippen LogP contribution < -0.4 is 24.4 Å². The van der Waals surface area contributed by atoms with Gasteiger partial charge in [0, 0.05) is 11.1 Å². The number of methoxy groups -OCH3 is 2. The number of hydrogen-bond acceptors (Lipinski definition) is 7. The zero-order valence-electron chi connectivity index (χ0n) is 21.0. The van der Waals surface area contributed by atoms with Crippen molar-refractivity contribution in [3.05, 3.63) is 103 Å². The van der Waals surface area contributed by atoms with Gasteiger partial charge in [-0.05, 0) is 42.8 Å². The topological polar surface area (TPSA) is 79.1 Å². The maximum atomic E-state index is 14.0. The van der Waals surface area contributed by atoms with Crippen molar-refractivity contribution in [3.63, 3.8) is 0 Å². The number of nitrogens with zero attached hydrogens (tertiary/aromatic N) is 2. The van der Waals surface area contributed by atoms with Crippen LogP contribution in [0.2, 0.25) is 0 Å². The van der Waals surface area contributed by atoms with Crippen molar-refractivity contribution in [1.82, 2.24) is 4.57 Å². The summed E-state index contributed by atoms with van der Waals surface area (Å²) in [4.78, 5) is 32.5. The summed E-state index contributed by atoms with van der Waals surface area (Å²) in [7, 11) is 3.18. The molecular weight excluding hydrogens is 488 g/mol. The smallest absolute Gasteiger partial charge is 0.338 e. The number of hydrogen-bond donors (Lipinski definition) is 0. The van der Waals surface area contributed by atoms with Crippen molar-refractivity contribution in [2.75, 3.05) is 20.8 Å². The second kappa shape index (κ2) is 10.1. The Kier molecular flexibility index (Phi) is 6.67. The normalized spacial score (nSPS) is 15.4. The summed E-state index contributed by atoms with van der Waals surface area (Å²) in [5.74, 6) is 0.714. The first kappa shape index (κ1) is 24.5. The summed E-state index contributed by atoms with van der Waals surface area (Å²) < 4.78 is 18.8. The maximum Gasteiger partial charge on any atom is 0.338 e. The largest absolute Gasteiger partial charge is 0.496 e. The molecule has 0 N–H and O–H groups in total. The Hall–Kier alpha value is -4.17. The first-order valence-electron chi connectivity index (χ1n) is 11.9. The lowest BCUT2D eigenvalue weighted by atomic mass is 9.90. The van der Waals surface area contributed by atoms with Gasteiger partial charge in [0.1, 0.15) is 17.5 Å². The Morgan fingerprint density at radius 2 is 1.76 bits per heavy atom. The van der Waals surface area contributed by atoms with Crippen LogP contribution in [0, 0.1) is 0 Å². The lowest BCUT2D eigenvalue weighted by Gasteiger charge is -2.27. The molecule has 5 rings (SSSR count). The van der Waals surface area contributed by atoms with Crippen LogP contribution in [-0.2, 0) is 9.53 Å². The molecule has 0 saturated heterocycles.